The zero-order valence-electron chi connectivity index (χ0n) is 11.3. The van der Waals surface area contributed by atoms with Gasteiger partial charge < -0.3 is 10.6 Å². The number of rotatable bonds is 5. The molecular formula is C14H20N4O2. The summed E-state index contributed by atoms with van der Waals surface area (Å²) < 4.78 is 0. The van der Waals surface area contributed by atoms with Gasteiger partial charge in [0.15, 0.2) is 0 Å². The van der Waals surface area contributed by atoms with Crippen LogP contribution in [0.1, 0.15) is 32.1 Å². The Kier molecular flexibility index (Phi) is 5.23. The van der Waals surface area contributed by atoms with Crippen molar-refractivity contribution in [1.82, 2.24) is 10.7 Å². The van der Waals surface area contributed by atoms with Crippen molar-refractivity contribution in [3.63, 3.8) is 0 Å². The number of hydrazine groups is 1. The number of hydrogen-bond donors (Lipinski definition) is 4. The maximum atomic E-state index is 11.8. The summed E-state index contributed by atoms with van der Waals surface area (Å²) in [6, 6.07) is 7.22. The molecule has 0 aliphatic heterocycles. The number of amides is 3. The summed E-state index contributed by atoms with van der Waals surface area (Å²) in [5, 5.41) is 5.80. The lowest BCUT2D eigenvalue weighted by Crippen LogP contribution is -2.39. The number of nitrogens with one attached hydrogen (secondary N) is 4. The first kappa shape index (κ1) is 14.2. The summed E-state index contributed by atoms with van der Waals surface area (Å²) in [6.07, 6.45) is 6.33. The largest absolute Gasteiger partial charge is 0.335 e. The molecule has 0 spiro atoms. The molecule has 0 unspecified atom stereocenters. The summed E-state index contributed by atoms with van der Waals surface area (Å²) in [4.78, 5) is 22.0. The zero-order chi connectivity index (χ0) is 14.2. The highest BCUT2D eigenvalue weighted by Gasteiger charge is 2.15. The van der Waals surface area contributed by atoms with Crippen LogP contribution in [0.15, 0.2) is 24.3 Å². The van der Waals surface area contributed by atoms with Crippen LogP contribution in [-0.2, 0) is 4.79 Å². The zero-order valence-corrected chi connectivity index (χ0v) is 11.3. The number of carbonyl (C=O) groups is 2. The van der Waals surface area contributed by atoms with Crippen molar-refractivity contribution >= 4 is 23.8 Å². The molecule has 1 saturated carbocycles. The van der Waals surface area contributed by atoms with Crippen LogP contribution in [0.2, 0.25) is 0 Å². The Bertz CT molecular complexity index is 441. The smallest absolute Gasteiger partial charge is 0.319 e. The Morgan fingerprint density at radius 2 is 1.70 bits per heavy atom. The molecule has 0 radical (unpaired) electrons. The minimum atomic E-state index is -0.163. The van der Waals surface area contributed by atoms with Crippen molar-refractivity contribution in [2.45, 2.75) is 38.1 Å². The van der Waals surface area contributed by atoms with Gasteiger partial charge in [-0.15, -0.1) is 0 Å². The lowest BCUT2D eigenvalue weighted by Gasteiger charge is -2.22. The van der Waals surface area contributed by atoms with Gasteiger partial charge in [0.05, 0.1) is 5.69 Å². The van der Waals surface area contributed by atoms with E-state index in [1.54, 1.807) is 24.3 Å². The van der Waals surface area contributed by atoms with E-state index in [0.717, 1.165) is 24.2 Å². The SMILES string of the molecule is O=CNNc1ccc(NC(=O)NC2CCCCC2)cc1. The summed E-state index contributed by atoms with van der Waals surface area (Å²) in [7, 11) is 0. The molecule has 6 nitrogen and oxygen atoms in total. The van der Waals surface area contributed by atoms with Crippen LogP contribution in [0.4, 0.5) is 16.2 Å². The van der Waals surface area contributed by atoms with Crippen molar-refractivity contribution < 1.29 is 9.59 Å². The highest BCUT2D eigenvalue weighted by atomic mass is 16.2. The fourth-order valence-corrected chi connectivity index (χ4v) is 2.35. The molecule has 108 valence electrons. The lowest BCUT2D eigenvalue weighted by molar-refractivity contribution is -0.109. The number of carbonyl (C=O) groups excluding carboxylic acids is 2. The number of hydrogen-bond acceptors (Lipinski definition) is 3. The van der Waals surface area contributed by atoms with Crippen LogP contribution < -0.4 is 21.5 Å². The Balaban J connectivity index is 1.79. The van der Waals surface area contributed by atoms with Crippen LogP contribution in [0.25, 0.3) is 0 Å². The van der Waals surface area contributed by atoms with Gasteiger partial charge in [0.2, 0.25) is 6.41 Å². The molecule has 1 aromatic carbocycles. The molecule has 6 heteroatoms. The van der Waals surface area contributed by atoms with Crippen LogP contribution in [0, 0.1) is 0 Å². The van der Waals surface area contributed by atoms with E-state index in [4.69, 9.17) is 0 Å². The van der Waals surface area contributed by atoms with E-state index in [9.17, 15) is 9.59 Å². The van der Waals surface area contributed by atoms with Gasteiger partial charge in [0.1, 0.15) is 0 Å². The molecule has 3 amide bonds. The Hall–Kier alpha value is -2.24. The van der Waals surface area contributed by atoms with Gasteiger partial charge in [0.25, 0.3) is 0 Å². The topological polar surface area (TPSA) is 82.3 Å². The van der Waals surface area contributed by atoms with E-state index in [1.165, 1.54) is 19.3 Å². The average Bonchev–Trinajstić information content (AvgIpc) is 2.47. The molecule has 4 N–H and O–H groups in total. The van der Waals surface area contributed by atoms with Crippen LogP contribution in [-0.4, -0.2) is 18.5 Å². The van der Waals surface area contributed by atoms with E-state index >= 15 is 0 Å². The number of urea groups is 1. The van der Waals surface area contributed by atoms with Gasteiger partial charge in [-0.1, -0.05) is 19.3 Å². The average molecular weight is 276 g/mol. The maximum absolute atomic E-state index is 11.8. The summed E-state index contributed by atoms with van der Waals surface area (Å²) in [6.45, 7) is 0. The number of anilines is 2. The van der Waals surface area contributed by atoms with Gasteiger partial charge in [-0.3, -0.25) is 15.6 Å². The van der Waals surface area contributed by atoms with Crippen molar-refractivity contribution in [2.75, 3.05) is 10.7 Å². The van der Waals surface area contributed by atoms with Crippen LogP contribution >= 0.6 is 0 Å². The molecule has 20 heavy (non-hydrogen) atoms. The predicted octanol–water partition coefficient (Wildman–Crippen LogP) is 2.21. The molecule has 0 saturated heterocycles. The third-order valence-corrected chi connectivity index (χ3v) is 3.36. The minimum Gasteiger partial charge on any atom is -0.335 e. The van der Waals surface area contributed by atoms with Crippen molar-refractivity contribution in [2.24, 2.45) is 0 Å². The molecule has 1 aliphatic carbocycles. The summed E-state index contributed by atoms with van der Waals surface area (Å²) >= 11 is 0. The second-order valence-electron chi connectivity index (χ2n) is 4.90. The summed E-state index contributed by atoms with van der Waals surface area (Å²) in [5.74, 6) is 0. The fraction of sp³-hybridized carbons (Fsp3) is 0.429. The van der Waals surface area contributed by atoms with Gasteiger partial charge in [-0.25, -0.2) is 4.79 Å². The second-order valence-corrected chi connectivity index (χ2v) is 4.90. The first-order valence-electron chi connectivity index (χ1n) is 6.91. The van der Waals surface area contributed by atoms with Crippen LogP contribution in [0.5, 0.6) is 0 Å². The van der Waals surface area contributed by atoms with Crippen LogP contribution in [0.3, 0.4) is 0 Å². The standard InChI is InChI=1S/C14H20N4O2/c19-10-15-18-13-8-6-12(7-9-13)17-14(20)16-11-4-2-1-3-5-11/h6-11,18H,1-5H2,(H,15,19)(H2,16,17,20). The number of benzene rings is 1. The Morgan fingerprint density at radius 1 is 1.05 bits per heavy atom. The highest BCUT2D eigenvalue weighted by Crippen LogP contribution is 2.18. The van der Waals surface area contributed by atoms with Gasteiger partial charge >= 0.3 is 6.03 Å². The van der Waals surface area contributed by atoms with Crippen molar-refractivity contribution in [1.29, 1.82) is 0 Å². The molecule has 1 aliphatic rings. The lowest BCUT2D eigenvalue weighted by atomic mass is 9.96. The molecule has 1 aromatic rings. The predicted molar refractivity (Wildman–Crippen MR) is 78.3 cm³/mol. The van der Waals surface area contributed by atoms with E-state index in [2.05, 4.69) is 21.5 Å². The highest BCUT2D eigenvalue weighted by molar-refractivity contribution is 5.89. The van der Waals surface area contributed by atoms with Gasteiger partial charge in [0, 0.05) is 11.7 Å². The molecule has 0 bridgehead atoms. The second kappa shape index (κ2) is 7.37. The molecule has 0 atom stereocenters. The normalized spacial score (nSPS) is 15.2. The Labute approximate surface area is 118 Å². The van der Waals surface area contributed by atoms with Gasteiger partial charge in [-0.2, -0.15) is 0 Å². The van der Waals surface area contributed by atoms with Crippen molar-refractivity contribution in [3.8, 4) is 0 Å². The first-order chi connectivity index (χ1) is 9.78. The quantitative estimate of drug-likeness (QED) is 0.491. The molecule has 1 fully saturated rings. The van der Waals surface area contributed by atoms with E-state index in [0.29, 0.717) is 12.5 Å². The first-order valence-corrected chi connectivity index (χ1v) is 6.91. The van der Waals surface area contributed by atoms with Gasteiger partial charge in [-0.05, 0) is 37.1 Å². The molecule has 0 aromatic heterocycles. The molecule has 0 heterocycles. The fourth-order valence-electron chi connectivity index (χ4n) is 2.35. The van der Waals surface area contributed by atoms with Crippen molar-refractivity contribution in [3.05, 3.63) is 24.3 Å². The summed E-state index contributed by atoms with van der Waals surface area (Å²) in [5.41, 5.74) is 6.51. The molecular weight excluding hydrogens is 256 g/mol. The van der Waals surface area contributed by atoms with E-state index in [-0.39, 0.29) is 6.03 Å². The van der Waals surface area contributed by atoms with E-state index < -0.39 is 0 Å². The third kappa shape index (κ3) is 4.46. The van der Waals surface area contributed by atoms with E-state index in [1.807, 2.05) is 0 Å². The maximum Gasteiger partial charge on any atom is 0.319 e. The Morgan fingerprint density at radius 3 is 2.35 bits per heavy atom. The monoisotopic (exact) mass is 276 g/mol. The third-order valence-electron chi connectivity index (χ3n) is 3.36. The molecule has 2 rings (SSSR count). The minimum absolute atomic E-state index is 0.163.